The molecular formula is C15H22BrN3S. The van der Waals surface area contributed by atoms with Gasteiger partial charge in [0.15, 0.2) is 0 Å². The highest BCUT2D eigenvalue weighted by atomic mass is 79.9. The van der Waals surface area contributed by atoms with Gasteiger partial charge in [0.1, 0.15) is 0 Å². The monoisotopic (exact) mass is 355 g/mol. The van der Waals surface area contributed by atoms with E-state index in [0.29, 0.717) is 6.04 Å². The van der Waals surface area contributed by atoms with E-state index in [1.54, 1.807) is 0 Å². The molecule has 0 bridgehead atoms. The summed E-state index contributed by atoms with van der Waals surface area (Å²) in [6, 6.07) is 4.79. The molecule has 2 heterocycles. The SMILES string of the molecule is CCNC(Cc1cccs1)Cc1c(Br)c(CC)nn1C. The van der Waals surface area contributed by atoms with Crippen LogP contribution in [0, 0.1) is 0 Å². The molecule has 0 spiro atoms. The molecule has 110 valence electrons. The summed E-state index contributed by atoms with van der Waals surface area (Å²) in [6.07, 6.45) is 3.03. The van der Waals surface area contributed by atoms with Gasteiger partial charge in [-0.1, -0.05) is 19.9 Å². The van der Waals surface area contributed by atoms with E-state index in [0.717, 1.165) is 31.5 Å². The Hall–Kier alpha value is -0.650. The van der Waals surface area contributed by atoms with Crippen LogP contribution in [-0.4, -0.2) is 22.4 Å². The number of thiophene rings is 1. The van der Waals surface area contributed by atoms with Gasteiger partial charge in [0.05, 0.1) is 15.9 Å². The van der Waals surface area contributed by atoms with E-state index in [2.05, 4.69) is 57.7 Å². The molecule has 3 nitrogen and oxygen atoms in total. The van der Waals surface area contributed by atoms with Gasteiger partial charge < -0.3 is 5.32 Å². The number of halogens is 1. The first-order valence-corrected chi connectivity index (χ1v) is 8.78. The Labute approximate surface area is 133 Å². The second kappa shape index (κ2) is 7.38. The van der Waals surface area contributed by atoms with E-state index in [1.165, 1.54) is 15.0 Å². The fourth-order valence-corrected chi connectivity index (χ4v) is 4.02. The predicted molar refractivity (Wildman–Crippen MR) is 89.5 cm³/mol. The third-order valence-electron chi connectivity index (χ3n) is 3.46. The van der Waals surface area contributed by atoms with Crippen LogP contribution < -0.4 is 5.32 Å². The van der Waals surface area contributed by atoms with Crippen molar-refractivity contribution in [3.8, 4) is 0 Å². The molecule has 0 aliphatic carbocycles. The van der Waals surface area contributed by atoms with E-state index < -0.39 is 0 Å². The van der Waals surface area contributed by atoms with Crippen molar-refractivity contribution in [2.24, 2.45) is 7.05 Å². The van der Waals surface area contributed by atoms with Crippen molar-refractivity contribution < 1.29 is 0 Å². The first-order valence-electron chi connectivity index (χ1n) is 7.11. The van der Waals surface area contributed by atoms with Gasteiger partial charge in [-0.25, -0.2) is 0 Å². The Morgan fingerprint density at radius 1 is 1.40 bits per heavy atom. The lowest BCUT2D eigenvalue weighted by molar-refractivity contribution is 0.506. The second-order valence-corrected chi connectivity index (χ2v) is 6.75. The Kier molecular flexibility index (Phi) is 5.81. The van der Waals surface area contributed by atoms with Gasteiger partial charge in [0.2, 0.25) is 0 Å². The molecule has 0 aliphatic rings. The Morgan fingerprint density at radius 2 is 2.20 bits per heavy atom. The van der Waals surface area contributed by atoms with Gasteiger partial charge in [-0.05, 0) is 46.8 Å². The molecule has 0 fully saturated rings. The van der Waals surface area contributed by atoms with Crippen LogP contribution in [0.4, 0.5) is 0 Å². The first-order chi connectivity index (χ1) is 9.65. The van der Waals surface area contributed by atoms with Crippen molar-refractivity contribution in [3.63, 3.8) is 0 Å². The predicted octanol–water partition coefficient (Wildman–Crippen LogP) is 3.57. The molecule has 1 unspecified atom stereocenters. The van der Waals surface area contributed by atoms with E-state index in [9.17, 15) is 0 Å². The van der Waals surface area contributed by atoms with Crippen LogP contribution in [0.3, 0.4) is 0 Å². The summed E-state index contributed by atoms with van der Waals surface area (Å²) in [7, 11) is 2.04. The molecule has 20 heavy (non-hydrogen) atoms. The fraction of sp³-hybridized carbons (Fsp3) is 0.533. The molecule has 2 aromatic rings. The van der Waals surface area contributed by atoms with Crippen LogP contribution in [0.2, 0.25) is 0 Å². The standard InChI is InChI=1S/C15H22BrN3S/c1-4-13-15(16)14(19(3)18-13)10-11(17-5-2)9-12-7-6-8-20-12/h6-8,11,17H,4-5,9-10H2,1-3H3. The average molecular weight is 356 g/mol. The van der Waals surface area contributed by atoms with Crippen LogP contribution >= 0.6 is 27.3 Å². The lowest BCUT2D eigenvalue weighted by Gasteiger charge is -2.17. The van der Waals surface area contributed by atoms with Crippen molar-refractivity contribution in [2.75, 3.05) is 6.54 Å². The van der Waals surface area contributed by atoms with E-state index in [1.807, 2.05) is 23.1 Å². The quantitative estimate of drug-likeness (QED) is 0.822. The van der Waals surface area contributed by atoms with Gasteiger partial charge in [-0.2, -0.15) is 5.10 Å². The number of nitrogens with zero attached hydrogens (tertiary/aromatic N) is 2. The molecule has 2 rings (SSSR count). The first kappa shape index (κ1) is 15.7. The zero-order chi connectivity index (χ0) is 14.5. The fourth-order valence-electron chi connectivity index (χ4n) is 2.45. The van der Waals surface area contributed by atoms with E-state index in [-0.39, 0.29) is 0 Å². The molecule has 0 amide bonds. The lowest BCUT2D eigenvalue weighted by Crippen LogP contribution is -2.33. The Balaban J connectivity index is 2.13. The molecule has 1 N–H and O–H groups in total. The van der Waals surface area contributed by atoms with Crippen molar-refractivity contribution in [1.82, 2.24) is 15.1 Å². The number of likely N-dealkylation sites (N-methyl/N-ethyl adjacent to an activating group) is 1. The smallest absolute Gasteiger partial charge is 0.0766 e. The largest absolute Gasteiger partial charge is 0.314 e. The minimum absolute atomic E-state index is 0.454. The number of hydrogen-bond donors (Lipinski definition) is 1. The minimum Gasteiger partial charge on any atom is -0.314 e. The lowest BCUT2D eigenvalue weighted by atomic mass is 10.1. The highest BCUT2D eigenvalue weighted by molar-refractivity contribution is 9.10. The van der Waals surface area contributed by atoms with Crippen LogP contribution in [0.15, 0.2) is 22.0 Å². The normalized spacial score (nSPS) is 12.8. The number of aromatic nitrogens is 2. The zero-order valence-electron chi connectivity index (χ0n) is 12.3. The molecule has 0 aliphatic heterocycles. The summed E-state index contributed by atoms with van der Waals surface area (Å²) in [5.74, 6) is 0. The van der Waals surface area contributed by atoms with Gasteiger partial charge >= 0.3 is 0 Å². The summed E-state index contributed by atoms with van der Waals surface area (Å²) in [5.41, 5.74) is 2.43. The minimum atomic E-state index is 0.454. The van der Waals surface area contributed by atoms with Crippen molar-refractivity contribution in [3.05, 3.63) is 38.3 Å². The van der Waals surface area contributed by atoms with E-state index >= 15 is 0 Å². The topological polar surface area (TPSA) is 29.9 Å². The molecule has 5 heteroatoms. The Morgan fingerprint density at radius 3 is 2.75 bits per heavy atom. The van der Waals surface area contributed by atoms with Gasteiger partial charge in [-0.3, -0.25) is 4.68 Å². The highest BCUT2D eigenvalue weighted by Crippen LogP contribution is 2.24. The number of nitrogens with one attached hydrogen (secondary N) is 1. The summed E-state index contributed by atoms with van der Waals surface area (Å²) in [5, 5.41) is 10.3. The third kappa shape index (κ3) is 3.71. The summed E-state index contributed by atoms with van der Waals surface area (Å²) in [6.45, 7) is 5.30. The zero-order valence-corrected chi connectivity index (χ0v) is 14.7. The molecule has 0 radical (unpaired) electrons. The molecule has 2 aromatic heterocycles. The van der Waals surface area contributed by atoms with Gasteiger partial charge in [0, 0.05) is 24.4 Å². The number of hydrogen-bond acceptors (Lipinski definition) is 3. The van der Waals surface area contributed by atoms with E-state index in [4.69, 9.17) is 0 Å². The van der Waals surface area contributed by atoms with Crippen molar-refractivity contribution in [1.29, 1.82) is 0 Å². The second-order valence-electron chi connectivity index (χ2n) is 4.93. The average Bonchev–Trinajstić information content (AvgIpc) is 3.02. The summed E-state index contributed by atoms with van der Waals surface area (Å²) >= 11 is 5.54. The van der Waals surface area contributed by atoms with Crippen LogP contribution in [0.25, 0.3) is 0 Å². The van der Waals surface area contributed by atoms with Gasteiger partial charge in [0.25, 0.3) is 0 Å². The number of rotatable bonds is 7. The Bertz CT molecular complexity index is 534. The van der Waals surface area contributed by atoms with Crippen molar-refractivity contribution in [2.45, 2.75) is 39.2 Å². The molecule has 1 atom stereocenters. The summed E-state index contributed by atoms with van der Waals surface area (Å²) in [4.78, 5) is 1.44. The maximum Gasteiger partial charge on any atom is 0.0766 e. The van der Waals surface area contributed by atoms with Gasteiger partial charge in [-0.15, -0.1) is 11.3 Å². The van der Waals surface area contributed by atoms with Crippen LogP contribution in [0.5, 0.6) is 0 Å². The molecule has 0 saturated heterocycles. The highest BCUT2D eigenvalue weighted by Gasteiger charge is 2.17. The van der Waals surface area contributed by atoms with Crippen molar-refractivity contribution >= 4 is 27.3 Å². The maximum absolute atomic E-state index is 4.58. The van der Waals surface area contributed by atoms with Crippen LogP contribution in [-0.2, 0) is 26.3 Å². The molecule has 0 aromatic carbocycles. The molecular weight excluding hydrogens is 334 g/mol. The number of aryl methyl sites for hydroxylation is 2. The molecule has 0 saturated carbocycles. The summed E-state index contributed by atoms with van der Waals surface area (Å²) < 4.78 is 3.19. The maximum atomic E-state index is 4.58. The van der Waals surface area contributed by atoms with Crippen LogP contribution in [0.1, 0.15) is 30.1 Å². The third-order valence-corrected chi connectivity index (χ3v) is 5.28.